The van der Waals surface area contributed by atoms with Crippen molar-refractivity contribution in [1.29, 1.82) is 5.26 Å². The molecule has 30 heavy (non-hydrogen) atoms. The Morgan fingerprint density at radius 1 is 1.13 bits per heavy atom. The van der Waals surface area contributed by atoms with E-state index in [9.17, 15) is 9.59 Å². The molecule has 148 valence electrons. The molecule has 0 aliphatic carbocycles. The summed E-state index contributed by atoms with van der Waals surface area (Å²) in [5, 5.41) is 17.6. The fourth-order valence-electron chi connectivity index (χ4n) is 2.95. The van der Waals surface area contributed by atoms with Gasteiger partial charge in [0.05, 0.1) is 22.4 Å². The van der Waals surface area contributed by atoms with E-state index in [4.69, 9.17) is 15.7 Å². The van der Waals surface area contributed by atoms with Crippen molar-refractivity contribution in [2.45, 2.75) is 0 Å². The highest BCUT2D eigenvalue weighted by atomic mass is 16.5. The van der Waals surface area contributed by atoms with Crippen LogP contribution in [0, 0.1) is 11.3 Å². The highest BCUT2D eigenvalue weighted by Gasteiger charge is 2.28. The summed E-state index contributed by atoms with van der Waals surface area (Å²) in [5.41, 5.74) is 7.00. The number of aromatic nitrogens is 2. The highest BCUT2D eigenvalue weighted by molar-refractivity contribution is 6.06. The molecule has 0 saturated heterocycles. The van der Waals surface area contributed by atoms with Gasteiger partial charge < -0.3 is 26.4 Å². The van der Waals surface area contributed by atoms with E-state index in [1.807, 2.05) is 6.07 Å². The first-order valence-corrected chi connectivity index (χ1v) is 8.77. The van der Waals surface area contributed by atoms with Crippen LogP contribution < -0.4 is 26.4 Å². The number of hydrogen-bond acceptors (Lipinski definition) is 8. The third-order valence-electron chi connectivity index (χ3n) is 4.40. The van der Waals surface area contributed by atoms with Crippen molar-refractivity contribution in [2.75, 3.05) is 17.7 Å². The zero-order chi connectivity index (χ0) is 21.3. The Morgan fingerprint density at radius 3 is 2.63 bits per heavy atom. The lowest BCUT2D eigenvalue weighted by atomic mass is 10.1. The van der Waals surface area contributed by atoms with Gasteiger partial charge in [-0.05, 0) is 24.3 Å². The monoisotopic (exact) mass is 401 g/mol. The Hall–Kier alpha value is -4.65. The number of carbonyl (C=O) groups excluding carboxylic acids is 2. The Kier molecular flexibility index (Phi) is 4.61. The molecule has 3 heterocycles. The van der Waals surface area contributed by atoms with E-state index >= 15 is 0 Å². The number of pyridine rings is 2. The number of nitrogens with two attached hydrogens (primary N) is 1. The number of hydrogen-bond donors (Lipinski definition) is 4. The zero-order valence-corrected chi connectivity index (χ0v) is 15.7. The highest BCUT2D eigenvalue weighted by Crippen LogP contribution is 2.48. The van der Waals surface area contributed by atoms with Crippen LogP contribution in [-0.4, -0.2) is 28.8 Å². The van der Waals surface area contributed by atoms with Crippen molar-refractivity contribution in [2.24, 2.45) is 5.73 Å². The molecule has 2 aromatic heterocycles. The van der Waals surface area contributed by atoms with Crippen LogP contribution in [0.5, 0.6) is 11.5 Å². The van der Waals surface area contributed by atoms with Crippen molar-refractivity contribution in [3.8, 4) is 17.6 Å². The number of carbonyl (C=O) groups is 2. The van der Waals surface area contributed by atoms with Gasteiger partial charge in [-0.3, -0.25) is 9.59 Å². The lowest BCUT2D eigenvalue weighted by molar-refractivity contribution is 0.0962. The molecule has 2 amide bonds. The van der Waals surface area contributed by atoms with Gasteiger partial charge in [0.15, 0.2) is 17.3 Å². The Morgan fingerprint density at radius 2 is 1.97 bits per heavy atom. The molecular weight excluding hydrogens is 386 g/mol. The SMILES string of the molecule is CNC(=O)c1cnc(Nc2ccc(C#N)cn2)c2c1Nc1c(cccc1C(N)=O)O2. The molecule has 0 radical (unpaired) electrons. The van der Waals surface area contributed by atoms with Crippen LogP contribution in [0.15, 0.2) is 42.7 Å². The third-order valence-corrected chi connectivity index (χ3v) is 4.40. The summed E-state index contributed by atoms with van der Waals surface area (Å²) in [4.78, 5) is 32.6. The van der Waals surface area contributed by atoms with Gasteiger partial charge in [0.2, 0.25) is 0 Å². The van der Waals surface area contributed by atoms with E-state index in [2.05, 4.69) is 25.9 Å². The van der Waals surface area contributed by atoms with Crippen LogP contribution in [0.25, 0.3) is 0 Å². The average Bonchev–Trinajstić information content (AvgIpc) is 2.77. The van der Waals surface area contributed by atoms with E-state index in [0.29, 0.717) is 28.5 Å². The van der Waals surface area contributed by atoms with Crippen molar-refractivity contribution >= 4 is 34.8 Å². The molecule has 0 spiro atoms. The van der Waals surface area contributed by atoms with Crippen molar-refractivity contribution in [1.82, 2.24) is 15.3 Å². The number of para-hydroxylation sites is 1. The second-order valence-corrected chi connectivity index (χ2v) is 6.24. The smallest absolute Gasteiger partial charge is 0.254 e. The minimum atomic E-state index is -0.637. The molecule has 4 rings (SSSR count). The van der Waals surface area contributed by atoms with E-state index in [0.717, 1.165) is 0 Å². The maximum absolute atomic E-state index is 12.4. The first-order valence-electron chi connectivity index (χ1n) is 8.77. The number of nitrogens with zero attached hydrogens (tertiary/aromatic N) is 3. The third kappa shape index (κ3) is 3.20. The molecule has 10 heteroatoms. The van der Waals surface area contributed by atoms with E-state index in [-0.39, 0.29) is 22.7 Å². The van der Waals surface area contributed by atoms with Crippen LogP contribution >= 0.6 is 0 Å². The Labute approximate surface area is 170 Å². The average molecular weight is 401 g/mol. The normalized spacial score (nSPS) is 11.1. The number of amides is 2. The summed E-state index contributed by atoms with van der Waals surface area (Å²) >= 11 is 0. The van der Waals surface area contributed by atoms with Gasteiger partial charge in [0, 0.05) is 19.4 Å². The Bertz CT molecular complexity index is 1220. The summed E-state index contributed by atoms with van der Waals surface area (Å²) < 4.78 is 6.00. The summed E-state index contributed by atoms with van der Waals surface area (Å²) in [6, 6.07) is 10.1. The predicted octanol–water partition coefficient (Wildman–Crippen LogP) is 2.40. The van der Waals surface area contributed by atoms with Crippen LogP contribution in [0.3, 0.4) is 0 Å². The fourth-order valence-corrected chi connectivity index (χ4v) is 2.95. The molecule has 0 saturated carbocycles. The molecule has 1 aliphatic heterocycles. The molecule has 10 nitrogen and oxygen atoms in total. The largest absolute Gasteiger partial charge is 0.449 e. The van der Waals surface area contributed by atoms with Crippen LogP contribution in [0.4, 0.5) is 23.0 Å². The minimum Gasteiger partial charge on any atom is -0.449 e. The lowest BCUT2D eigenvalue weighted by Gasteiger charge is -2.26. The van der Waals surface area contributed by atoms with Crippen molar-refractivity contribution in [3.63, 3.8) is 0 Å². The zero-order valence-electron chi connectivity index (χ0n) is 15.7. The maximum atomic E-state index is 12.4. The quantitative estimate of drug-likeness (QED) is 0.406. The molecular formula is C20H15N7O3. The summed E-state index contributed by atoms with van der Waals surface area (Å²) in [5.74, 6) is 0.288. The summed E-state index contributed by atoms with van der Waals surface area (Å²) in [7, 11) is 1.49. The second-order valence-electron chi connectivity index (χ2n) is 6.24. The molecule has 0 unspecified atom stereocenters. The van der Waals surface area contributed by atoms with Gasteiger partial charge in [-0.15, -0.1) is 0 Å². The van der Waals surface area contributed by atoms with E-state index < -0.39 is 11.8 Å². The maximum Gasteiger partial charge on any atom is 0.254 e. The van der Waals surface area contributed by atoms with Gasteiger partial charge in [-0.1, -0.05) is 6.07 Å². The van der Waals surface area contributed by atoms with Crippen LogP contribution in [0.2, 0.25) is 0 Å². The van der Waals surface area contributed by atoms with E-state index in [1.54, 1.807) is 30.3 Å². The number of fused-ring (bicyclic) bond motifs is 2. The molecule has 3 aromatic rings. The van der Waals surface area contributed by atoms with Crippen molar-refractivity contribution in [3.05, 3.63) is 59.4 Å². The van der Waals surface area contributed by atoms with Gasteiger partial charge >= 0.3 is 0 Å². The van der Waals surface area contributed by atoms with Gasteiger partial charge in [-0.2, -0.15) is 5.26 Å². The molecule has 0 bridgehead atoms. The van der Waals surface area contributed by atoms with Crippen LogP contribution in [0.1, 0.15) is 26.3 Å². The second kappa shape index (κ2) is 7.40. The molecule has 5 N–H and O–H groups in total. The van der Waals surface area contributed by atoms with Gasteiger partial charge in [-0.25, -0.2) is 9.97 Å². The topological polar surface area (TPSA) is 155 Å². The number of primary amides is 1. The number of nitriles is 1. The molecule has 0 fully saturated rings. The van der Waals surface area contributed by atoms with Crippen molar-refractivity contribution < 1.29 is 14.3 Å². The standard InChI is InChI=1S/C20H15N7O3/c1-23-20(29)12-9-25-19(26-14-6-5-10(7-21)8-24-14)17-16(12)27-15-11(18(22)28)3-2-4-13(15)30-17/h2-6,8-9,27H,1H3,(H2,22,28)(H,23,29)(H,24,25,26). The molecule has 1 aromatic carbocycles. The summed E-state index contributed by atoms with van der Waals surface area (Å²) in [6.45, 7) is 0. The molecule has 0 atom stereocenters. The number of rotatable bonds is 4. The Balaban J connectivity index is 1.81. The lowest BCUT2D eigenvalue weighted by Crippen LogP contribution is -2.22. The fraction of sp³-hybridized carbons (Fsp3) is 0.0500. The first kappa shape index (κ1) is 18.7. The number of benzene rings is 1. The van der Waals surface area contributed by atoms with Crippen LogP contribution in [-0.2, 0) is 0 Å². The summed E-state index contributed by atoms with van der Waals surface area (Å²) in [6.07, 6.45) is 2.79. The van der Waals surface area contributed by atoms with E-state index in [1.165, 1.54) is 19.4 Å². The first-order chi connectivity index (χ1) is 14.5. The predicted molar refractivity (Wildman–Crippen MR) is 108 cm³/mol. The number of ether oxygens (including phenoxy) is 1. The molecule has 1 aliphatic rings. The number of anilines is 4. The van der Waals surface area contributed by atoms with Gasteiger partial charge in [0.1, 0.15) is 17.6 Å². The van der Waals surface area contributed by atoms with Gasteiger partial charge in [0.25, 0.3) is 11.8 Å². The minimum absolute atomic E-state index is 0.218. The number of nitrogens with one attached hydrogen (secondary N) is 3.